The van der Waals surface area contributed by atoms with Crippen LogP contribution in [-0.4, -0.2) is 66.4 Å². The summed E-state index contributed by atoms with van der Waals surface area (Å²) in [6.45, 7) is 6.56. The maximum atomic E-state index is 11.9. The van der Waals surface area contributed by atoms with Crippen molar-refractivity contribution < 1.29 is 14.4 Å². The van der Waals surface area contributed by atoms with E-state index < -0.39 is 6.10 Å². The maximum Gasteiger partial charge on any atom is 0.273 e. The van der Waals surface area contributed by atoms with E-state index in [1.165, 1.54) is 0 Å². The van der Waals surface area contributed by atoms with Crippen LogP contribution in [0.25, 0.3) is 0 Å². The molecule has 1 aliphatic rings. The summed E-state index contributed by atoms with van der Waals surface area (Å²) < 4.78 is 5.07. The minimum absolute atomic E-state index is 0.221. The summed E-state index contributed by atoms with van der Waals surface area (Å²) >= 11 is 0. The van der Waals surface area contributed by atoms with E-state index in [1.54, 1.807) is 6.07 Å². The van der Waals surface area contributed by atoms with E-state index >= 15 is 0 Å². The highest BCUT2D eigenvalue weighted by atomic mass is 16.5. The summed E-state index contributed by atoms with van der Waals surface area (Å²) in [6, 6.07) is 1.65. The van der Waals surface area contributed by atoms with Crippen molar-refractivity contribution in [3.63, 3.8) is 0 Å². The molecular formula is C14H24N4O3. The van der Waals surface area contributed by atoms with E-state index in [1.807, 2.05) is 6.92 Å². The predicted octanol–water partition coefficient (Wildman–Crippen LogP) is -0.377. The summed E-state index contributed by atoms with van der Waals surface area (Å²) in [5.41, 5.74) is 0.271. The van der Waals surface area contributed by atoms with Gasteiger partial charge in [-0.3, -0.25) is 9.69 Å². The van der Waals surface area contributed by atoms with Crippen LogP contribution < -0.4 is 10.6 Å². The smallest absolute Gasteiger partial charge is 0.273 e. The van der Waals surface area contributed by atoms with E-state index in [0.717, 1.165) is 39.0 Å². The lowest BCUT2D eigenvalue weighted by atomic mass is 10.2. The number of amides is 1. The van der Waals surface area contributed by atoms with Gasteiger partial charge >= 0.3 is 0 Å². The summed E-state index contributed by atoms with van der Waals surface area (Å²) in [5.74, 6) is 0.407. The first-order valence-corrected chi connectivity index (χ1v) is 7.54. The van der Waals surface area contributed by atoms with E-state index in [2.05, 4.69) is 20.7 Å². The Hall–Kier alpha value is -1.44. The monoisotopic (exact) mass is 296 g/mol. The summed E-state index contributed by atoms with van der Waals surface area (Å²) in [6.07, 6.45) is 1.14. The van der Waals surface area contributed by atoms with Gasteiger partial charge in [-0.05, 0) is 6.42 Å². The summed E-state index contributed by atoms with van der Waals surface area (Å²) in [5, 5.41) is 19.7. The number of hydrogen-bond acceptors (Lipinski definition) is 6. The topological polar surface area (TPSA) is 90.6 Å². The summed E-state index contributed by atoms with van der Waals surface area (Å²) in [7, 11) is 0. The molecule has 1 saturated heterocycles. The van der Waals surface area contributed by atoms with Crippen LogP contribution in [0.4, 0.5) is 0 Å². The van der Waals surface area contributed by atoms with Crippen molar-refractivity contribution in [3.8, 4) is 0 Å². The number of nitrogens with one attached hydrogen (secondary N) is 2. The second-order valence-electron chi connectivity index (χ2n) is 5.34. The largest absolute Gasteiger partial charge is 0.390 e. The number of aryl methyl sites for hydroxylation is 1. The highest BCUT2D eigenvalue weighted by molar-refractivity contribution is 5.92. The van der Waals surface area contributed by atoms with Crippen molar-refractivity contribution in [1.82, 2.24) is 20.7 Å². The Morgan fingerprint density at radius 3 is 3.05 bits per heavy atom. The Morgan fingerprint density at radius 2 is 2.33 bits per heavy atom. The normalized spacial score (nSPS) is 17.6. The van der Waals surface area contributed by atoms with Gasteiger partial charge in [0, 0.05) is 51.8 Å². The van der Waals surface area contributed by atoms with Gasteiger partial charge in [0.15, 0.2) is 5.69 Å². The Kier molecular flexibility index (Phi) is 6.16. The van der Waals surface area contributed by atoms with E-state index in [0.29, 0.717) is 12.3 Å². The standard InChI is InChI=1S/C14H24N4O3/c1-2-3-12-8-13(17-21-12)14(20)16-9-11(19)10-18-6-4-15-5-7-18/h8,11,15,19H,2-7,9-10H2,1H3,(H,16,20). The fourth-order valence-corrected chi connectivity index (χ4v) is 2.34. The third-order valence-electron chi connectivity index (χ3n) is 3.46. The van der Waals surface area contributed by atoms with Gasteiger partial charge in [-0.2, -0.15) is 0 Å². The van der Waals surface area contributed by atoms with Crippen LogP contribution in [0.15, 0.2) is 10.6 Å². The zero-order valence-corrected chi connectivity index (χ0v) is 12.5. The molecule has 118 valence electrons. The van der Waals surface area contributed by atoms with Gasteiger partial charge < -0.3 is 20.3 Å². The Balaban J connectivity index is 1.71. The van der Waals surface area contributed by atoms with Crippen molar-refractivity contribution in [2.75, 3.05) is 39.3 Å². The molecular weight excluding hydrogens is 272 g/mol. The molecule has 7 nitrogen and oxygen atoms in total. The molecule has 21 heavy (non-hydrogen) atoms. The van der Waals surface area contributed by atoms with Crippen molar-refractivity contribution in [2.24, 2.45) is 0 Å². The van der Waals surface area contributed by atoms with Crippen molar-refractivity contribution in [1.29, 1.82) is 0 Å². The number of carbonyl (C=O) groups excluding carboxylic acids is 1. The Labute approximate surface area is 124 Å². The first kappa shape index (κ1) is 15.9. The number of aliphatic hydroxyl groups is 1. The van der Waals surface area contributed by atoms with Gasteiger partial charge in [-0.25, -0.2) is 0 Å². The van der Waals surface area contributed by atoms with Gasteiger partial charge in [0.1, 0.15) is 5.76 Å². The molecule has 0 aliphatic carbocycles. The molecule has 2 heterocycles. The average molecular weight is 296 g/mol. The quantitative estimate of drug-likeness (QED) is 0.635. The molecule has 0 saturated carbocycles. The molecule has 1 aliphatic heterocycles. The highest BCUT2D eigenvalue weighted by Gasteiger charge is 2.17. The first-order chi connectivity index (χ1) is 10.2. The van der Waals surface area contributed by atoms with Crippen LogP contribution in [0.2, 0.25) is 0 Å². The number of β-amino-alcohol motifs (C(OH)–C–C–N with tert-alkyl or cyclic N) is 1. The average Bonchev–Trinajstić information content (AvgIpc) is 2.95. The fraction of sp³-hybridized carbons (Fsp3) is 0.714. The maximum absolute atomic E-state index is 11.9. The molecule has 0 bridgehead atoms. The molecule has 3 N–H and O–H groups in total. The Bertz CT molecular complexity index is 443. The number of aromatic nitrogens is 1. The zero-order chi connectivity index (χ0) is 15.1. The van der Waals surface area contributed by atoms with E-state index in [-0.39, 0.29) is 18.1 Å². The second kappa shape index (κ2) is 8.11. The van der Waals surface area contributed by atoms with Crippen LogP contribution in [0.1, 0.15) is 29.6 Å². The second-order valence-corrected chi connectivity index (χ2v) is 5.34. The number of piperazine rings is 1. The minimum atomic E-state index is -0.575. The third kappa shape index (κ3) is 5.11. The lowest BCUT2D eigenvalue weighted by Gasteiger charge is -2.29. The Morgan fingerprint density at radius 1 is 1.57 bits per heavy atom. The number of rotatable bonds is 7. The fourth-order valence-electron chi connectivity index (χ4n) is 2.34. The molecule has 1 aromatic heterocycles. The molecule has 7 heteroatoms. The van der Waals surface area contributed by atoms with Gasteiger partial charge in [0.25, 0.3) is 5.91 Å². The van der Waals surface area contributed by atoms with Crippen molar-refractivity contribution in [3.05, 3.63) is 17.5 Å². The minimum Gasteiger partial charge on any atom is -0.390 e. The highest BCUT2D eigenvalue weighted by Crippen LogP contribution is 2.06. The molecule has 1 aromatic rings. The van der Waals surface area contributed by atoms with Gasteiger partial charge in [-0.1, -0.05) is 12.1 Å². The zero-order valence-electron chi connectivity index (χ0n) is 12.5. The van der Waals surface area contributed by atoms with Crippen LogP contribution in [0.3, 0.4) is 0 Å². The molecule has 0 radical (unpaired) electrons. The lowest BCUT2D eigenvalue weighted by molar-refractivity contribution is 0.0835. The third-order valence-corrected chi connectivity index (χ3v) is 3.46. The summed E-state index contributed by atoms with van der Waals surface area (Å²) in [4.78, 5) is 14.1. The van der Waals surface area contributed by atoms with Crippen molar-refractivity contribution in [2.45, 2.75) is 25.9 Å². The molecule has 1 amide bonds. The predicted molar refractivity (Wildman–Crippen MR) is 78.1 cm³/mol. The SMILES string of the molecule is CCCc1cc(C(=O)NCC(O)CN2CCNCC2)no1. The molecule has 1 unspecified atom stereocenters. The van der Waals surface area contributed by atoms with Crippen molar-refractivity contribution >= 4 is 5.91 Å². The molecule has 1 fully saturated rings. The number of carbonyl (C=O) groups is 1. The molecule has 2 rings (SSSR count). The molecule has 1 atom stereocenters. The van der Waals surface area contributed by atoms with Crippen LogP contribution >= 0.6 is 0 Å². The number of hydrogen-bond donors (Lipinski definition) is 3. The van der Waals surface area contributed by atoms with E-state index in [9.17, 15) is 9.90 Å². The van der Waals surface area contributed by atoms with Gasteiger partial charge in [-0.15, -0.1) is 0 Å². The number of nitrogens with zero attached hydrogens (tertiary/aromatic N) is 2. The molecule has 0 aromatic carbocycles. The van der Waals surface area contributed by atoms with Crippen LogP contribution in [-0.2, 0) is 6.42 Å². The van der Waals surface area contributed by atoms with Crippen LogP contribution in [0.5, 0.6) is 0 Å². The molecule has 0 spiro atoms. The van der Waals surface area contributed by atoms with Gasteiger partial charge in [0.05, 0.1) is 6.10 Å². The van der Waals surface area contributed by atoms with Gasteiger partial charge in [0.2, 0.25) is 0 Å². The van der Waals surface area contributed by atoms with Crippen LogP contribution in [0, 0.1) is 0 Å². The number of aliphatic hydroxyl groups excluding tert-OH is 1. The first-order valence-electron chi connectivity index (χ1n) is 7.54. The lowest BCUT2D eigenvalue weighted by Crippen LogP contribution is -2.48. The van der Waals surface area contributed by atoms with E-state index in [4.69, 9.17) is 4.52 Å².